The molecule has 0 spiro atoms. The van der Waals surface area contributed by atoms with Gasteiger partial charge in [0.05, 0.1) is 12.5 Å². The van der Waals surface area contributed by atoms with Gasteiger partial charge in [-0.1, -0.05) is 6.92 Å². The highest BCUT2D eigenvalue weighted by atomic mass is 16.5. The molecule has 0 bridgehead atoms. The normalized spacial score (nSPS) is 22.1. The van der Waals surface area contributed by atoms with Gasteiger partial charge in [-0.2, -0.15) is 0 Å². The number of hydrogen-bond acceptors (Lipinski definition) is 3. The molecule has 2 unspecified atom stereocenters. The number of carbonyl (C=O) groups excluding carboxylic acids is 1. The van der Waals surface area contributed by atoms with Crippen LogP contribution < -0.4 is 5.32 Å². The molecule has 2 atom stereocenters. The van der Waals surface area contributed by atoms with E-state index in [4.69, 9.17) is 4.74 Å². The molecule has 4 nitrogen and oxygen atoms in total. The van der Waals surface area contributed by atoms with Gasteiger partial charge in [0.25, 0.3) is 0 Å². The number of hydrogen-bond donors (Lipinski definition) is 1. The van der Waals surface area contributed by atoms with Gasteiger partial charge in [-0.3, -0.25) is 4.79 Å². The Labute approximate surface area is 98.3 Å². The lowest BCUT2D eigenvalue weighted by molar-refractivity contribution is -0.137. The molecule has 1 rings (SSSR count). The average molecular weight is 228 g/mol. The highest BCUT2D eigenvalue weighted by molar-refractivity contribution is 5.79. The number of methoxy groups -OCH3 is 1. The summed E-state index contributed by atoms with van der Waals surface area (Å²) in [6.45, 7) is 7.35. The van der Waals surface area contributed by atoms with E-state index in [0.29, 0.717) is 19.2 Å². The van der Waals surface area contributed by atoms with Crippen LogP contribution in [0.5, 0.6) is 0 Å². The third-order valence-electron chi connectivity index (χ3n) is 3.35. The second kappa shape index (κ2) is 6.86. The smallest absolute Gasteiger partial charge is 0.227 e. The molecule has 1 saturated heterocycles. The van der Waals surface area contributed by atoms with Crippen LogP contribution in [0.3, 0.4) is 0 Å². The van der Waals surface area contributed by atoms with E-state index in [1.165, 1.54) is 0 Å². The van der Waals surface area contributed by atoms with Crippen molar-refractivity contribution in [3.8, 4) is 0 Å². The number of nitrogens with zero attached hydrogens (tertiary/aromatic N) is 1. The van der Waals surface area contributed by atoms with Crippen LogP contribution in [0.1, 0.15) is 26.7 Å². The summed E-state index contributed by atoms with van der Waals surface area (Å²) in [6.07, 6.45) is 1.97. The third-order valence-corrected chi connectivity index (χ3v) is 3.35. The zero-order valence-electron chi connectivity index (χ0n) is 10.7. The lowest BCUT2D eigenvalue weighted by atomic mass is 10.1. The fraction of sp³-hybridized carbons (Fsp3) is 0.917. The van der Waals surface area contributed by atoms with E-state index in [1.807, 2.05) is 4.90 Å². The Bertz CT molecular complexity index is 215. The van der Waals surface area contributed by atoms with Crippen molar-refractivity contribution < 1.29 is 9.53 Å². The first-order valence-electron chi connectivity index (χ1n) is 6.20. The summed E-state index contributed by atoms with van der Waals surface area (Å²) in [5, 5.41) is 3.24. The molecule has 1 aliphatic rings. The maximum atomic E-state index is 12.3. The quantitative estimate of drug-likeness (QED) is 0.733. The van der Waals surface area contributed by atoms with Crippen LogP contribution in [-0.4, -0.2) is 50.2 Å². The Morgan fingerprint density at radius 1 is 1.62 bits per heavy atom. The van der Waals surface area contributed by atoms with Gasteiger partial charge in [0.1, 0.15) is 0 Å². The fourth-order valence-corrected chi connectivity index (χ4v) is 2.06. The minimum atomic E-state index is 0.172. The zero-order chi connectivity index (χ0) is 12.0. The predicted molar refractivity (Wildman–Crippen MR) is 64.3 cm³/mol. The van der Waals surface area contributed by atoms with Gasteiger partial charge in [-0.15, -0.1) is 0 Å². The Morgan fingerprint density at radius 2 is 2.38 bits per heavy atom. The Hall–Kier alpha value is -0.610. The summed E-state index contributed by atoms with van der Waals surface area (Å²) >= 11 is 0. The van der Waals surface area contributed by atoms with E-state index in [2.05, 4.69) is 19.2 Å². The minimum Gasteiger partial charge on any atom is -0.383 e. The standard InChI is InChI=1S/C12H24N2O2/c1-4-10(2)14(7-8-16-3)12(15)11-5-6-13-9-11/h10-11,13H,4-9H2,1-3H3. The molecule has 0 aromatic carbocycles. The van der Waals surface area contributed by atoms with E-state index in [1.54, 1.807) is 7.11 Å². The molecule has 1 heterocycles. The lowest BCUT2D eigenvalue weighted by Crippen LogP contribution is -2.44. The number of ether oxygens (including phenoxy) is 1. The number of amides is 1. The first-order valence-corrected chi connectivity index (χ1v) is 6.20. The van der Waals surface area contributed by atoms with E-state index >= 15 is 0 Å². The maximum absolute atomic E-state index is 12.3. The minimum absolute atomic E-state index is 0.172. The van der Waals surface area contributed by atoms with Crippen molar-refractivity contribution >= 4 is 5.91 Å². The molecule has 0 aromatic rings. The van der Waals surface area contributed by atoms with Crippen molar-refractivity contribution in [1.82, 2.24) is 10.2 Å². The van der Waals surface area contributed by atoms with Crippen LogP contribution in [0.15, 0.2) is 0 Å². The van der Waals surface area contributed by atoms with Crippen molar-refractivity contribution in [1.29, 1.82) is 0 Å². The summed E-state index contributed by atoms with van der Waals surface area (Å²) in [6, 6.07) is 0.309. The van der Waals surface area contributed by atoms with Crippen LogP contribution in [0.25, 0.3) is 0 Å². The molecule has 16 heavy (non-hydrogen) atoms. The Morgan fingerprint density at radius 3 is 2.88 bits per heavy atom. The summed E-state index contributed by atoms with van der Waals surface area (Å²) in [5.41, 5.74) is 0. The average Bonchev–Trinajstić information content (AvgIpc) is 2.82. The molecule has 1 fully saturated rings. The summed E-state index contributed by atoms with van der Waals surface area (Å²) < 4.78 is 5.07. The maximum Gasteiger partial charge on any atom is 0.227 e. The van der Waals surface area contributed by atoms with E-state index in [0.717, 1.165) is 25.9 Å². The third kappa shape index (κ3) is 3.46. The van der Waals surface area contributed by atoms with Crippen molar-refractivity contribution in [3.63, 3.8) is 0 Å². The van der Waals surface area contributed by atoms with Crippen LogP contribution in [0, 0.1) is 5.92 Å². The van der Waals surface area contributed by atoms with Crippen LogP contribution in [0.2, 0.25) is 0 Å². The molecule has 1 N–H and O–H groups in total. The van der Waals surface area contributed by atoms with Crippen molar-refractivity contribution in [3.05, 3.63) is 0 Å². The predicted octanol–water partition coefficient (Wildman–Crippen LogP) is 0.869. The topological polar surface area (TPSA) is 41.6 Å². The first kappa shape index (κ1) is 13.5. The molecule has 0 aromatic heterocycles. The van der Waals surface area contributed by atoms with Crippen LogP contribution >= 0.6 is 0 Å². The van der Waals surface area contributed by atoms with Crippen LogP contribution in [-0.2, 0) is 9.53 Å². The largest absolute Gasteiger partial charge is 0.383 e. The Kier molecular flexibility index (Phi) is 5.77. The highest BCUT2D eigenvalue weighted by Gasteiger charge is 2.28. The van der Waals surface area contributed by atoms with E-state index in [-0.39, 0.29) is 11.8 Å². The van der Waals surface area contributed by atoms with Crippen molar-refractivity contribution in [2.75, 3.05) is 33.4 Å². The molecular weight excluding hydrogens is 204 g/mol. The molecule has 1 aliphatic heterocycles. The van der Waals surface area contributed by atoms with Gasteiger partial charge in [-0.05, 0) is 26.3 Å². The first-order chi connectivity index (χ1) is 7.70. The summed E-state index contributed by atoms with van der Waals surface area (Å²) in [7, 11) is 1.68. The molecule has 1 amide bonds. The van der Waals surface area contributed by atoms with Gasteiger partial charge >= 0.3 is 0 Å². The number of carbonyl (C=O) groups is 1. The highest BCUT2D eigenvalue weighted by Crippen LogP contribution is 2.15. The molecular formula is C12H24N2O2. The Balaban J connectivity index is 2.55. The number of nitrogens with one attached hydrogen (secondary N) is 1. The SMILES string of the molecule is CCC(C)N(CCOC)C(=O)C1CCNC1. The second-order valence-electron chi connectivity index (χ2n) is 4.47. The molecule has 0 saturated carbocycles. The van der Waals surface area contributed by atoms with Gasteiger partial charge < -0.3 is 15.0 Å². The lowest BCUT2D eigenvalue weighted by Gasteiger charge is -2.30. The summed E-state index contributed by atoms with van der Waals surface area (Å²) in [4.78, 5) is 14.3. The monoisotopic (exact) mass is 228 g/mol. The van der Waals surface area contributed by atoms with E-state index < -0.39 is 0 Å². The fourth-order valence-electron chi connectivity index (χ4n) is 2.06. The molecule has 4 heteroatoms. The van der Waals surface area contributed by atoms with Gasteiger partial charge in [0.15, 0.2) is 0 Å². The van der Waals surface area contributed by atoms with Crippen molar-refractivity contribution in [2.24, 2.45) is 5.92 Å². The molecule has 94 valence electrons. The van der Waals surface area contributed by atoms with Gasteiger partial charge in [-0.25, -0.2) is 0 Å². The van der Waals surface area contributed by atoms with Crippen molar-refractivity contribution in [2.45, 2.75) is 32.7 Å². The molecule has 0 aliphatic carbocycles. The molecule has 0 radical (unpaired) electrons. The van der Waals surface area contributed by atoms with Gasteiger partial charge in [0, 0.05) is 26.2 Å². The summed E-state index contributed by atoms with van der Waals surface area (Å²) in [5.74, 6) is 0.460. The second-order valence-corrected chi connectivity index (χ2v) is 4.47. The van der Waals surface area contributed by atoms with Gasteiger partial charge in [0.2, 0.25) is 5.91 Å². The van der Waals surface area contributed by atoms with E-state index in [9.17, 15) is 4.79 Å². The van der Waals surface area contributed by atoms with Crippen LogP contribution in [0.4, 0.5) is 0 Å². The number of rotatable bonds is 6. The zero-order valence-corrected chi connectivity index (χ0v) is 10.7.